The molecular formula is C23H25FN2O4. The Morgan fingerprint density at radius 1 is 1.07 bits per heavy atom. The molecule has 0 saturated carbocycles. The fourth-order valence-electron chi connectivity index (χ4n) is 4.08. The van der Waals surface area contributed by atoms with Gasteiger partial charge in [0, 0.05) is 19.6 Å². The summed E-state index contributed by atoms with van der Waals surface area (Å²) in [5.41, 5.74) is 7.16. The van der Waals surface area contributed by atoms with Crippen molar-refractivity contribution in [2.24, 2.45) is 5.73 Å². The van der Waals surface area contributed by atoms with Gasteiger partial charge in [0.2, 0.25) is 0 Å². The number of halogens is 1. The molecule has 2 N–H and O–H groups in total. The van der Waals surface area contributed by atoms with Crippen LogP contribution in [0.25, 0.3) is 11.1 Å². The van der Waals surface area contributed by atoms with Gasteiger partial charge in [-0.15, -0.1) is 0 Å². The number of amides is 2. The van der Waals surface area contributed by atoms with Crippen LogP contribution in [0.3, 0.4) is 0 Å². The van der Waals surface area contributed by atoms with Crippen LogP contribution in [0.15, 0.2) is 48.5 Å². The zero-order valence-corrected chi connectivity index (χ0v) is 16.7. The lowest BCUT2D eigenvalue weighted by Crippen LogP contribution is -2.62. The molecular weight excluding hydrogens is 387 g/mol. The molecule has 2 amide bonds. The molecule has 0 bridgehead atoms. The van der Waals surface area contributed by atoms with Crippen molar-refractivity contribution in [2.45, 2.75) is 31.0 Å². The molecule has 2 aromatic rings. The molecule has 0 radical (unpaired) electrons. The normalized spacial score (nSPS) is 24.0. The van der Waals surface area contributed by atoms with Crippen molar-refractivity contribution in [3.8, 4) is 11.1 Å². The molecule has 7 heteroatoms. The van der Waals surface area contributed by atoms with Crippen molar-refractivity contribution in [3.05, 3.63) is 59.9 Å². The largest absolute Gasteiger partial charge is 0.368 e. The summed E-state index contributed by atoms with van der Waals surface area (Å²) in [4.78, 5) is 26.8. The zero-order valence-electron chi connectivity index (χ0n) is 16.7. The molecule has 2 atom stereocenters. The van der Waals surface area contributed by atoms with Gasteiger partial charge < -0.3 is 20.1 Å². The lowest BCUT2D eigenvalue weighted by Gasteiger charge is -2.41. The van der Waals surface area contributed by atoms with Crippen molar-refractivity contribution in [1.29, 1.82) is 0 Å². The molecule has 0 aliphatic carbocycles. The number of morpholine rings is 1. The lowest BCUT2D eigenvalue weighted by atomic mass is 9.90. The van der Waals surface area contributed by atoms with Gasteiger partial charge in [0.1, 0.15) is 11.9 Å². The number of primary amides is 1. The molecule has 4 rings (SSSR count). The first-order valence-electron chi connectivity index (χ1n) is 10.2. The fraction of sp³-hybridized carbons (Fsp3) is 0.391. The van der Waals surface area contributed by atoms with Crippen LogP contribution in [0.1, 0.15) is 18.4 Å². The standard InChI is InChI=1S/C23H25FN2O4/c24-19-9-7-18(8-10-19)17-5-3-16(4-6-17)14-23(22(25)28)15-26(11-13-30-23)21(27)20-2-1-12-29-20/h3-10,20H,1-2,11-15H2,(H2,25,28)/t20-,23+/m1/s1. The molecule has 2 aromatic carbocycles. The molecule has 0 spiro atoms. The minimum atomic E-state index is -1.27. The number of ether oxygens (including phenoxy) is 2. The smallest absolute Gasteiger partial charge is 0.251 e. The summed E-state index contributed by atoms with van der Waals surface area (Å²) in [6.45, 7) is 1.36. The third-order valence-corrected chi connectivity index (χ3v) is 5.77. The molecule has 2 heterocycles. The Morgan fingerprint density at radius 3 is 2.33 bits per heavy atom. The number of nitrogens with zero attached hydrogens (tertiary/aromatic N) is 1. The van der Waals surface area contributed by atoms with Crippen LogP contribution in [0, 0.1) is 5.82 Å². The van der Waals surface area contributed by atoms with Crippen LogP contribution >= 0.6 is 0 Å². The summed E-state index contributed by atoms with van der Waals surface area (Å²) in [5.74, 6) is -0.974. The van der Waals surface area contributed by atoms with Crippen molar-refractivity contribution in [3.63, 3.8) is 0 Å². The first kappa shape index (κ1) is 20.5. The summed E-state index contributed by atoms with van der Waals surface area (Å²) in [6, 6.07) is 13.9. The highest BCUT2D eigenvalue weighted by Gasteiger charge is 2.45. The van der Waals surface area contributed by atoms with Crippen LogP contribution in [0.2, 0.25) is 0 Å². The fourth-order valence-corrected chi connectivity index (χ4v) is 4.08. The predicted molar refractivity (Wildman–Crippen MR) is 109 cm³/mol. The number of nitrogens with two attached hydrogens (primary N) is 1. The van der Waals surface area contributed by atoms with Crippen LogP contribution in [0.4, 0.5) is 4.39 Å². The van der Waals surface area contributed by atoms with Crippen LogP contribution in [-0.4, -0.2) is 54.7 Å². The highest BCUT2D eigenvalue weighted by Crippen LogP contribution is 2.27. The van der Waals surface area contributed by atoms with Gasteiger partial charge in [-0.3, -0.25) is 9.59 Å². The van der Waals surface area contributed by atoms with E-state index < -0.39 is 17.6 Å². The number of hydrogen-bond donors (Lipinski definition) is 1. The van der Waals surface area contributed by atoms with E-state index in [1.807, 2.05) is 24.3 Å². The monoisotopic (exact) mass is 412 g/mol. The topological polar surface area (TPSA) is 81.9 Å². The highest BCUT2D eigenvalue weighted by atomic mass is 19.1. The minimum absolute atomic E-state index is 0.104. The van der Waals surface area contributed by atoms with E-state index in [2.05, 4.69) is 0 Å². The van der Waals surface area contributed by atoms with Gasteiger partial charge in [-0.05, 0) is 41.7 Å². The molecule has 6 nitrogen and oxygen atoms in total. The second-order valence-corrected chi connectivity index (χ2v) is 7.85. The molecule has 158 valence electrons. The van der Waals surface area contributed by atoms with E-state index in [1.54, 1.807) is 17.0 Å². The minimum Gasteiger partial charge on any atom is -0.368 e. The summed E-state index contributed by atoms with van der Waals surface area (Å²) in [5, 5.41) is 0. The van der Waals surface area contributed by atoms with E-state index in [-0.39, 0.29) is 31.3 Å². The Labute approximate surface area is 174 Å². The first-order valence-corrected chi connectivity index (χ1v) is 10.2. The number of hydrogen-bond acceptors (Lipinski definition) is 4. The van der Waals surface area contributed by atoms with Gasteiger partial charge in [-0.25, -0.2) is 4.39 Å². The van der Waals surface area contributed by atoms with Gasteiger partial charge in [0.05, 0.1) is 13.2 Å². The Balaban J connectivity index is 1.50. The van der Waals surface area contributed by atoms with Crippen molar-refractivity contribution >= 4 is 11.8 Å². The maximum Gasteiger partial charge on any atom is 0.251 e. The summed E-state index contributed by atoms with van der Waals surface area (Å²) in [7, 11) is 0. The summed E-state index contributed by atoms with van der Waals surface area (Å²) in [6.07, 6.45) is 1.39. The molecule has 0 unspecified atom stereocenters. The number of benzene rings is 2. The van der Waals surface area contributed by atoms with Crippen LogP contribution < -0.4 is 5.73 Å². The average Bonchev–Trinajstić information content (AvgIpc) is 3.29. The van der Waals surface area contributed by atoms with E-state index >= 15 is 0 Å². The summed E-state index contributed by atoms with van der Waals surface area (Å²) >= 11 is 0. The second-order valence-electron chi connectivity index (χ2n) is 7.85. The third-order valence-electron chi connectivity index (χ3n) is 5.77. The zero-order chi connectivity index (χ0) is 21.1. The molecule has 2 aliphatic heterocycles. The van der Waals surface area contributed by atoms with E-state index in [0.717, 1.165) is 23.1 Å². The average molecular weight is 412 g/mol. The van der Waals surface area contributed by atoms with Crippen LogP contribution in [-0.2, 0) is 25.5 Å². The maximum absolute atomic E-state index is 13.1. The molecule has 2 saturated heterocycles. The van der Waals surface area contributed by atoms with Gasteiger partial charge in [0.25, 0.3) is 11.8 Å². The van der Waals surface area contributed by atoms with Gasteiger partial charge >= 0.3 is 0 Å². The number of carbonyl (C=O) groups excluding carboxylic acids is 2. The van der Waals surface area contributed by atoms with Crippen molar-refractivity contribution in [1.82, 2.24) is 4.90 Å². The maximum atomic E-state index is 13.1. The first-order chi connectivity index (χ1) is 14.5. The number of rotatable bonds is 5. The Bertz CT molecular complexity index is 910. The molecule has 0 aromatic heterocycles. The van der Waals surface area contributed by atoms with Crippen LogP contribution in [0.5, 0.6) is 0 Å². The van der Waals surface area contributed by atoms with E-state index in [0.29, 0.717) is 19.6 Å². The van der Waals surface area contributed by atoms with E-state index in [1.165, 1.54) is 12.1 Å². The quantitative estimate of drug-likeness (QED) is 0.817. The molecule has 2 fully saturated rings. The van der Waals surface area contributed by atoms with Gasteiger partial charge in [-0.2, -0.15) is 0 Å². The SMILES string of the molecule is NC(=O)[C@]1(Cc2ccc(-c3ccc(F)cc3)cc2)CN(C(=O)[C@H]2CCCO2)CCO1. The van der Waals surface area contributed by atoms with Crippen molar-refractivity contribution in [2.75, 3.05) is 26.3 Å². The van der Waals surface area contributed by atoms with Gasteiger partial charge in [0.15, 0.2) is 5.60 Å². The van der Waals surface area contributed by atoms with E-state index in [4.69, 9.17) is 15.2 Å². The number of carbonyl (C=O) groups is 2. The Hall–Kier alpha value is -2.77. The summed E-state index contributed by atoms with van der Waals surface area (Å²) < 4.78 is 24.5. The Kier molecular flexibility index (Phi) is 5.83. The third kappa shape index (κ3) is 4.22. The molecule has 2 aliphatic rings. The molecule has 30 heavy (non-hydrogen) atoms. The van der Waals surface area contributed by atoms with Gasteiger partial charge in [-0.1, -0.05) is 36.4 Å². The van der Waals surface area contributed by atoms with Crippen molar-refractivity contribution < 1.29 is 23.5 Å². The second kappa shape index (κ2) is 8.53. The van der Waals surface area contributed by atoms with E-state index in [9.17, 15) is 14.0 Å². The Morgan fingerprint density at radius 2 is 1.73 bits per heavy atom. The lowest BCUT2D eigenvalue weighted by molar-refractivity contribution is -0.167. The predicted octanol–water partition coefficient (Wildman–Crippen LogP) is 2.30. The highest BCUT2D eigenvalue weighted by molar-refractivity contribution is 5.87.